The van der Waals surface area contributed by atoms with Gasteiger partial charge in [-0.2, -0.15) is 0 Å². The van der Waals surface area contributed by atoms with Crippen molar-refractivity contribution >= 4 is 17.5 Å². The van der Waals surface area contributed by atoms with Gasteiger partial charge in [0.15, 0.2) is 5.76 Å². The minimum Gasteiger partial charge on any atom is -0.459 e. The molecule has 1 aromatic carbocycles. The molecule has 7 nitrogen and oxygen atoms in total. The monoisotopic (exact) mass is 346 g/mol. The number of carbonyl (C=O) groups is 1. The van der Waals surface area contributed by atoms with E-state index in [1.54, 1.807) is 43.3 Å². The molecule has 0 aliphatic rings. The second-order valence-electron chi connectivity index (χ2n) is 5.33. The molecule has 1 atom stereocenters. The van der Waals surface area contributed by atoms with Gasteiger partial charge in [0.2, 0.25) is 11.8 Å². The molecular weight excluding hydrogens is 332 g/mol. The Labute approximate surface area is 142 Å². The number of furan rings is 1. The van der Waals surface area contributed by atoms with Gasteiger partial charge in [0.25, 0.3) is 5.89 Å². The first kappa shape index (κ1) is 16.2. The number of nitrogens with zero attached hydrogens (tertiary/aromatic N) is 2. The maximum absolute atomic E-state index is 12.0. The van der Waals surface area contributed by atoms with Crippen molar-refractivity contribution in [3.05, 3.63) is 59.1 Å². The van der Waals surface area contributed by atoms with Crippen LogP contribution in [0, 0.1) is 0 Å². The van der Waals surface area contributed by atoms with E-state index in [1.807, 2.05) is 0 Å². The number of hydrogen-bond acceptors (Lipinski definition) is 6. The zero-order valence-corrected chi connectivity index (χ0v) is 13.6. The van der Waals surface area contributed by atoms with Crippen LogP contribution in [-0.2, 0) is 16.9 Å². The average molecular weight is 347 g/mol. The Morgan fingerprint density at radius 3 is 2.83 bits per heavy atom. The minimum absolute atomic E-state index is 0.152. The molecule has 0 bridgehead atoms. The number of primary amides is 1. The van der Waals surface area contributed by atoms with Crippen LogP contribution in [0.4, 0.5) is 0 Å². The lowest BCUT2D eigenvalue weighted by atomic mass is 9.91. The van der Waals surface area contributed by atoms with Crippen molar-refractivity contribution in [1.29, 1.82) is 0 Å². The van der Waals surface area contributed by atoms with Gasteiger partial charge in [0.05, 0.1) is 12.8 Å². The number of nitrogens with two attached hydrogens (primary N) is 1. The highest BCUT2D eigenvalue weighted by atomic mass is 35.5. The predicted octanol–water partition coefficient (Wildman–Crippen LogP) is 2.47. The number of rotatable bonds is 6. The lowest BCUT2D eigenvalue weighted by molar-refractivity contribution is -0.124. The lowest BCUT2D eigenvalue weighted by Gasteiger charge is -2.27. The van der Waals surface area contributed by atoms with Crippen molar-refractivity contribution in [2.45, 2.75) is 19.0 Å². The smallest absolute Gasteiger partial charge is 0.283 e. The van der Waals surface area contributed by atoms with E-state index in [-0.39, 0.29) is 12.4 Å². The number of carbonyl (C=O) groups excluding carboxylic acids is 1. The van der Waals surface area contributed by atoms with Crippen molar-refractivity contribution in [2.24, 2.45) is 5.73 Å². The average Bonchev–Trinajstić information content (AvgIpc) is 3.23. The Morgan fingerprint density at radius 2 is 2.17 bits per heavy atom. The zero-order valence-electron chi connectivity index (χ0n) is 12.8. The lowest BCUT2D eigenvalue weighted by Crippen LogP contribution is -2.50. The molecule has 0 radical (unpaired) electrons. The van der Waals surface area contributed by atoms with Gasteiger partial charge >= 0.3 is 0 Å². The summed E-state index contributed by atoms with van der Waals surface area (Å²) in [6.07, 6.45) is 1.51. The quantitative estimate of drug-likeness (QED) is 0.710. The van der Waals surface area contributed by atoms with Gasteiger partial charge in [0, 0.05) is 5.02 Å². The first-order chi connectivity index (χ1) is 11.5. The molecule has 8 heteroatoms. The number of hydrogen-bond donors (Lipinski definition) is 2. The largest absolute Gasteiger partial charge is 0.459 e. The summed E-state index contributed by atoms with van der Waals surface area (Å²) in [7, 11) is 0. The molecule has 24 heavy (non-hydrogen) atoms. The van der Waals surface area contributed by atoms with Gasteiger partial charge in [-0.15, -0.1) is 10.2 Å². The van der Waals surface area contributed by atoms with E-state index in [9.17, 15) is 4.79 Å². The van der Waals surface area contributed by atoms with Gasteiger partial charge in [-0.25, -0.2) is 0 Å². The van der Waals surface area contributed by atoms with Crippen LogP contribution in [0.2, 0.25) is 5.02 Å². The summed E-state index contributed by atoms with van der Waals surface area (Å²) in [5.74, 6) is 0.494. The second-order valence-corrected chi connectivity index (χ2v) is 5.77. The first-order valence-corrected chi connectivity index (χ1v) is 7.54. The van der Waals surface area contributed by atoms with E-state index >= 15 is 0 Å². The fourth-order valence-electron chi connectivity index (χ4n) is 2.21. The highest BCUT2D eigenvalue weighted by Gasteiger charge is 2.33. The summed E-state index contributed by atoms with van der Waals surface area (Å²) >= 11 is 6.00. The van der Waals surface area contributed by atoms with Crippen LogP contribution in [-0.4, -0.2) is 16.1 Å². The number of nitrogens with one attached hydrogen (secondary N) is 1. The molecule has 0 saturated heterocycles. The molecule has 0 fully saturated rings. The number of halogens is 1. The van der Waals surface area contributed by atoms with E-state index in [2.05, 4.69) is 15.5 Å². The predicted molar refractivity (Wildman–Crippen MR) is 86.8 cm³/mol. The normalized spacial score (nSPS) is 13.6. The minimum atomic E-state index is -1.13. The highest BCUT2D eigenvalue weighted by Crippen LogP contribution is 2.24. The Morgan fingerprint density at radius 1 is 1.33 bits per heavy atom. The Kier molecular flexibility index (Phi) is 4.37. The molecule has 0 unspecified atom stereocenters. The molecule has 124 valence electrons. The summed E-state index contributed by atoms with van der Waals surface area (Å²) < 4.78 is 10.7. The third-order valence-corrected chi connectivity index (χ3v) is 3.92. The van der Waals surface area contributed by atoms with Crippen molar-refractivity contribution in [1.82, 2.24) is 15.5 Å². The third kappa shape index (κ3) is 3.17. The molecular formula is C16H15ClN4O3. The van der Waals surface area contributed by atoms with Crippen LogP contribution >= 0.6 is 11.6 Å². The van der Waals surface area contributed by atoms with Gasteiger partial charge in [-0.05, 0) is 36.8 Å². The molecule has 3 aromatic rings. The van der Waals surface area contributed by atoms with Crippen molar-refractivity contribution in [3.8, 4) is 11.7 Å². The van der Waals surface area contributed by atoms with Gasteiger partial charge in [0.1, 0.15) is 5.54 Å². The summed E-state index contributed by atoms with van der Waals surface area (Å²) in [4.78, 5) is 12.0. The third-order valence-electron chi connectivity index (χ3n) is 3.69. The van der Waals surface area contributed by atoms with E-state index in [0.717, 1.165) is 0 Å². The van der Waals surface area contributed by atoms with Crippen LogP contribution in [0.5, 0.6) is 0 Å². The molecule has 0 saturated carbocycles. The Balaban J connectivity index is 1.79. The summed E-state index contributed by atoms with van der Waals surface area (Å²) in [6, 6.07) is 10.4. The Hall–Kier alpha value is -2.64. The van der Waals surface area contributed by atoms with Crippen LogP contribution in [0.1, 0.15) is 18.4 Å². The van der Waals surface area contributed by atoms with E-state index < -0.39 is 11.4 Å². The molecule has 2 aromatic heterocycles. The van der Waals surface area contributed by atoms with Crippen molar-refractivity contribution in [3.63, 3.8) is 0 Å². The topological polar surface area (TPSA) is 107 Å². The number of benzene rings is 1. The maximum atomic E-state index is 12.0. The van der Waals surface area contributed by atoms with E-state index in [0.29, 0.717) is 22.2 Å². The van der Waals surface area contributed by atoms with Crippen molar-refractivity contribution in [2.75, 3.05) is 0 Å². The maximum Gasteiger partial charge on any atom is 0.283 e. The second kappa shape index (κ2) is 6.46. The van der Waals surface area contributed by atoms with E-state index in [1.165, 1.54) is 6.26 Å². The zero-order chi connectivity index (χ0) is 17.2. The van der Waals surface area contributed by atoms with E-state index in [4.69, 9.17) is 26.2 Å². The molecule has 0 aliphatic carbocycles. The molecule has 2 heterocycles. The fourth-order valence-corrected chi connectivity index (χ4v) is 2.40. The SMILES string of the molecule is C[C@@](NCc1nnc(-c2ccco2)o1)(C(N)=O)c1cccc(Cl)c1. The standard InChI is InChI=1S/C16H15ClN4O3/c1-16(15(18)22,10-4-2-5-11(17)8-10)19-9-13-20-21-14(24-13)12-6-3-7-23-12/h2-8,19H,9H2,1H3,(H2,18,22)/t16-/m0/s1. The molecule has 0 spiro atoms. The van der Waals surface area contributed by atoms with Gasteiger partial charge in [-0.1, -0.05) is 23.7 Å². The number of aromatic nitrogens is 2. The molecule has 3 rings (SSSR count). The van der Waals surface area contributed by atoms with Crippen LogP contribution < -0.4 is 11.1 Å². The fraction of sp³-hybridized carbons (Fsp3) is 0.188. The molecule has 1 amide bonds. The molecule has 0 aliphatic heterocycles. The summed E-state index contributed by atoms with van der Waals surface area (Å²) in [6.45, 7) is 1.82. The van der Waals surface area contributed by atoms with Crippen LogP contribution in [0.3, 0.4) is 0 Å². The summed E-state index contributed by atoms with van der Waals surface area (Å²) in [5, 5.41) is 11.4. The van der Waals surface area contributed by atoms with Gasteiger partial charge in [-0.3, -0.25) is 10.1 Å². The first-order valence-electron chi connectivity index (χ1n) is 7.16. The molecule has 3 N–H and O–H groups in total. The van der Waals surface area contributed by atoms with Crippen LogP contribution in [0.15, 0.2) is 51.5 Å². The van der Waals surface area contributed by atoms with Crippen LogP contribution in [0.25, 0.3) is 11.7 Å². The van der Waals surface area contributed by atoms with Gasteiger partial charge < -0.3 is 14.6 Å². The van der Waals surface area contributed by atoms with Crippen molar-refractivity contribution < 1.29 is 13.6 Å². The number of amides is 1. The highest BCUT2D eigenvalue weighted by molar-refractivity contribution is 6.30. The Bertz CT molecular complexity index is 847. The summed E-state index contributed by atoms with van der Waals surface area (Å²) in [5.41, 5.74) is 5.09.